The van der Waals surface area contributed by atoms with E-state index in [1.54, 1.807) is 0 Å². The zero-order valence-corrected chi connectivity index (χ0v) is 31.9. The van der Waals surface area contributed by atoms with E-state index in [9.17, 15) is 0 Å². The van der Waals surface area contributed by atoms with Crippen LogP contribution in [0.4, 0.5) is 17.1 Å². The second-order valence-electron chi connectivity index (χ2n) is 15.7. The smallest absolute Gasteiger partial charge is 0.143 e. The van der Waals surface area contributed by atoms with E-state index in [2.05, 4.69) is 219 Å². The minimum Gasteiger partial charge on any atom is -0.455 e. The van der Waals surface area contributed by atoms with E-state index in [1.807, 2.05) is 0 Å². The van der Waals surface area contributed by atoms with Crippen molar-refractivity contribution < 1.29 is 4.42 Å². The van der Waals surface area contributed by atoms with Gasteiger partial charge in [0, 0.05) is 38.2 Å². The van der Waals surface area contributed by atoms with E-state index in [4.69, 9.17) is 4.42 Å². The predicted molar refractivity (Wildman–Crippen MR) is 240 cm³/mol. The Bertz CT molecular complexity index is 3140. The molecule has 1 aliphatic carbocycles. The summed E-state index contributed by atoms with van der Waals surface area (Å²) in [5, 5.41) is 4.43. The summed E-state index contributed by atoms with van der Waals surface area (Å²) in [5.41, 5.74) is 17.4. The van der Waals surface area contributed by atoms with Crippen molar-refractivity contribution in [1.82, 2.24) is 0 Å². The van der Waals surface area contributed by atoms with E-state index >= 15 is 0 Å². The van der Waals surface area contributed by atoms with Gasteiger partial charge >= 0.3 is 0 Å². The number of nitrogens with zero attached hydrogens (tertiary/aromatic N) is 1. The maximum absolute atomic E-state index is 6.87. The highest BCUT2D eigenvalue weighted by molar-refractivity contribution is 6.22. The first-order chi connectivity index (χ1) is 28.0. The normalized spacial score (nSPS) is 12.9. The first kappa shape index (κ1) is 33.2. The van der Waals surface area contributed by atoms with Gasteiger partial charge in [0.05, 0.1) is 11.4 Å². The monoisotopic (exact) mass is 729 g/mol. The molecule has 2 heteroatoms. The van der Waals surface area contributed by atoms with Gasteiger partial charge in [-0.2, -0.15) is 0 Å². The van der Waals surface area contributed by atoms with Crippen molar-refractivity contribution in [3.05, 3.63) is 211 Å². The van der Waals surface area contributed by atoms with Crippen LogP contribution in [0.15, 0.2) is 205 Å². The fourth-order valence-corrected chi connectivity index (χ4v) is 9.30. The molecule has 1 aromatic heterocycles. The Kier molecular flexibility index (Phi) is 7.55. The lowest BCUT2D eigenvalue weighted by Crippen LogP contribution is -2.17. The quantitative estimate of drug-likeness (QED) is 0.169. The lowest BCUT2D eigenvalue weighted by Gasteiger charge is -2.31. The molecular formula is C55H39NO. The molecule has 0 saturated heterocycles. The number of para-hydroxylation sites is 1. The van der Waals surface area contributed by atoms with Gasteiger partial charge in [0.1, 0.15) is 11.2 Å². The van der Waals surface area contributed by atoms with Gasteiger partial charge in [-0.3, -0.25) is 0 Å². The van der Waals surface area contributed by atoms with E-state index in [1.165, 1.54) is 44.5 Å². The SMILES string of the molecule is CC1(C)c2ccccc2-c2ccc(N(c3ccccc3-c3ccccc3)c3cc4c(oc5cccc(-c6ccc(-c7ccccc7)cc6)c54)c4ccccc34)cc21. The summed E-state index contributed by atoms with van der Waals surface area (Å²) in [6.07, 6.45) is 0. The summed E-state index contributed by atoms with van der Waals surface area (Å²) in [5.74, 6) is 0. The third kappa shape index (κ3) is 5.25. The third-order valence-corrected chi connectivity index (χ3v) is 12.1. The number of anilines is 3. The molecule has 1 aliphatic rings. The molecule has 57 heavy (non-hydrogen) atoms. The van der Waals surface area contributed by atoms with Gasteiger partial charge < -0.3 is 9.32 Å². The molecule has 0 bridgehead atoms. The van der Waals surface area contributed by atoms with Crippen LogP contribution < -0.4 is 4.90 Å². The largest absolute Gasteiger partial charge is 0.455 e. The zero-order chi connectivity index (χ0) is 38.1. The van der Waals surface area contributed by atoms with Gasteiger partial charge in [0.2, 0.25) is 0 Å². The summed E-state index contributed by atoms with van der Waals surface area (Å²) in [7, 11) is 0. The standard InChI is InChI=1S/C55H39NO/c1-55(2)48-25-13-11-21-43(48)44-33-32-40(34-49(44)55)56(50-26-14-12-20-41(50)38-18-7-4-8-19-38)51-35-47-53-42(39-30-28-37(29-31-39)36-16-5-3-6-17-36)24-15-27-52(53)57-54(47)46-23-10-9-22-45(46)51/h3-35H,1-2H3. The van der Waals surface area contributed by atoms with Crippen LogP contribution in [0.25, 0.3) is 77.2 Å². The van der Waals surface area contributed by atoms with Crippen LogP contribution in [-0.2, 0) is 5.41 Å². The van der Waals surface area contributed by atoms with Gasteiger partial charge in [-0.25, -0.2) is 0 Å². The van der Waals surface area contributed by atoms with Crippen molar-refractivity contribution in [2.24, 2.45) is 0 Å². The van der Waals surface area contributed by atoms with Gasteiger partial charge in [0.25, 0.3) is 0 Å². The van der Waals surface area contributed by atoms with E-state index in [-0.39, 0.29) is 5.41 Å². The molecule has 0 saturated carbocycles. The molecule has 0 aliphatic heterocycles. The number of hydrogen-bond donors (Lipinski definition) is 0. The molecule has 0 atom stereocenters. The molecule has 0 spiro atoms. The van der Waals surface area contributed by atoms with Crippen molar-refractivity contribution in [3.8, 4) is 44.5 Å². The number of hydrogen-bond acceptors (Lipinski definition) is 2. The lowest BCUT2D eigenvalue weighted by molar-refractivity contribution is 0.660. The molecule has 2 nitrogen and oxygen atoms in total. The summed E-state index contributed by atoms with van der Waals surface area (Å²) in [4.78, 5) is 2.49. The number of fused-ring (bicyclic) bond motifs is 8. The van der Waals surface area contributed by atoms with Crippen LogP contribution in [0.5, 0.6) is 0 Å². The fraction of sp³-hybridized carbons (Fsp3) is 0.0545. The van der Waals surface area contributed by atoms with Crippen LogP contribution in [-0.4, -0.2) is 0 Å². The Morgan fingerprint density at radius 3 is 1.75 bits per heavy atom. The Hall–Kier alpha value is -7.16. The van der Waals surface area contributed by atoms with Crippen molar-refractivity contribution in [2.45, 2.75) is 19.3 Å². The maximum Gasteiger partial charge on any atom is 0.143 e. The van der Waals surface area contributed by atoms with Crippen LogP contribution >= 0.6 is 0 Å². The fourth-order valence-electron chi connectivity index (χ4n) is 9.30. The first-order valence-electron chi connectivity index (χ1n) is 19.8. The molecule has 9 aromatic carbocycles. The first-order valence-corrected chi connectivity index (χ1v) is 19.8. The van der Waals surface area contributed by atoms with Crippen molar-refractivity contribution in [1.29, 1.82) is 0 Å². The minimum atomic E-state index is -0.149. The minimum absolute atomic E-state index is 0.149. The van der Waals surface area contributed by atoms with Crippen molar-refractivity contribution >= 4 is 49.8 Å². The topological polar surface area (TPSA) is 16.4 Å². The highest BCUT2D eigenvalue weighted by Gasteiger charge is 2.36. The molecule has 0 fully saturated rings. The maximum atomic E-state index is 6.87. The van der Waals surface area contributed by atoms with Crippen LogP contribution in [0.3, 0.4) is 0 Å². The van der Waals surface area contributed by atoms with Crippen molar-refractivity contribution in [3.63, 3.8) is 0 Å². The van der Waals surface area contributed by atoms with Gasteiger partial charge in [-0.05, 0) is 80.4 Å². The molecule has 0 unspecified atom stereocenters. The van der Waals surface area contributed by atoms with E-state index in [0.29, 0.717) is 0 Å². The Morgan fingerprint density at radius 2 is 0.965 bits per heavy atom. The number of rotatable bonds is 6. The average molecular weight is 730 g/mol. The lowest BCUT2D eigenvalue weighted by atomic mass is 9.82. The third-order valence-electron chi connectivity index (χ3n) is 12.1. The highest BCUT2D eigenvalue weighted by Crippen LogP contribution is 2.53. The predicted octanol–water partition coefficient (Wildman–Crippen LogP) is 15.5. The Labute approximate surface area is 332 Å². The number of benzene rings is 9. The molecule has 1 heterocycles. The molecule has 11 rings (SSSR count). The average Bonchev–Trinajstić information content (AvgIpc) is 3.77. The van der Waals surface area contributed by atoms with Crippen LogP contribution in [0, 0.1) is 0 Å². The Balaban J connectivity index is 1.18. The van der Waals surface area contributed by atoms with Gasteiger partial charge in [-0.1, -0.05) is 184 Å². The molecule has 0 radical (unpaired) electrons. The molecular weight excluding hydrogens is 691 g/mol. The molecule has 10 aromatic rings. The second kappa shape index (κ2) is 13.0. The summed E-state index contributed by atoms with van der Waals surface area (Å²) < 4.78 is 6.87. The highest BCUT2D eigenvalue weighted by atomic mass is 16.3. The molecule has 0 N–H and O–H groups in total. The van der Waals surface area contributed by atoms with Crippen molar-refractivity contribution in [2.75, 3.05) is 4.90 Å². The second-order valence-corrected chi connectivity index (χ2v) is 15.7. The molecule has 270 valence electrons. The van der Waals surface area contributed by atoms with Crippen LogP contribution in [0.1, 0.15) is 25.0 Å². The van der Waals surface area contributed by atoms with Gasteiger partial charge in [-0.15, -0.1) is 0 Å². The van der Waals surface area contributed by atoms with Gasteiger partial charge in [0.15, 0.2) is 0 Å². The number of furan rings is 1. The summed E-state index contributed by atoms with van der Waals surface area (Å²) >= 11 is 0. The molecule has 0 amide bonds. The Morgan fingerprint density at radius 1 is 0.386 bits per heavy atom. The summed E-state index contributed by atoms with van der Waals surface area (Å²) in [6.45, 7) is 4.72. The summed E-state index contributed by atoms with van der Waals surface area (Å²) in [6, 6.07) is 72.6. The zero-order valence-electron chi connectivity index (χ0n) is 31.9. The van der Waals surface area contributed by atoms with E-state index < -0.39 is 0 Å². The van der Waals surface area contributed by atoms with E-state index in [0.717, 1.165) is 60.9 Å². The van der Waals surface area contributed by atoms with Crippen LogP contribution in [0.2, 0.25) is 0 Å².